The maximum atomic E-state index is 12.6. The van der Waals surface area contributed by atoms with Crippen molar-refractivity contribution in [2.45, 2.75) is 0 Å². The first-order valence-electron chi connectivity index (χ1n) is 3.14. The lowest BCUT2D eigenvalue weighted by Crippen LogP contribution is -2.10. The average molecular weight is 168 g/mol. The number of nitrogens with one attached hydrogen (secondary N) is 2. The molecule has 0 fully saturated rings. The second-order valence-electron chi connectivity index (χ2n) is 2.09. The van der Waals surface area contributed by atoms with Crippen LogP contribution in [0, 0.1) is 6.08 Å². The fourth-order valence-electron chi connectivity index (χ4n) is 0.911. The van der Waals surface area contributed by atoms with Crippen LogP contribution in [0.2, 0.25) is 0 Å². The molecule has 0 aliphatic rings. The van der Waals surface area contributed by atoms with Crippen LogP contribution in [0.4, 0.5) is 10.2 Å². The van der Waals surface area contributed by atoms with Crippen LogP contribution < -0.4 is 11.3 Å². The zero-order valence-electron chi connectivity index (χ0n) is 5.87. The number of hydrogen-bond donors (Lipinski definition) is 3. The summed E-state index contributed by atoms with van der Waals surface area (Å²) in [6, 6.07) is 0. The van der Waals surface area contributed by atoms with Crippen LogP contribution in [0.1, 0.15) is 0 Å². The van der Waals surface area contributed by atoms with Gasteiger partial charge in [-0.3, -0.25) is 0 Å². The van der Waals surface area contributed by atoms with Crippen LogP contribution >= 0.6 is 0 Å². The Kier molecular flexibility index (Phi) is 1.37. The van der Waals surface area contributed by atoms with Crippen molar-refractivity contribution in [2.75, 3.05) is 5.43 Å². The molecule has 12 heavy (non-hydrogen) atoms. The Bertz CT molecular complexity index is 409. The standard InChI is InChI=1S/C5H5FN6/c6-5-10-3-2(8-1-9-3)4(11-5)12-7/h1H,7H2,(H2,8,9,10,11,12). The summed E-state index contributed by atoms with van der Waals surface area (Å²) in [5, 5.41) is 0. The van der Waals surface area contributed by atoms with E-state index in [-0.39, 0.29) is 11.5 Å². The highest BCUT2D eigenvalue weighted by Gasteiger charge is 2.07. The molecule has 0 radical (unpaired) electrons. The molecule has 0 saturated heterocycles. The molecular weight excluding hydrogens is 163 g/mol. The number of fused-ring (bicyclic) bond motifs is 1. The van der Waals surface area contributed by atoms with Crippen molar-refractivity contribution >= 4 is 17.0 Å². The van der Waals surface area contributed by atoms with Crippen molar-refractivity contribution in [3.63, 3.8) is 0 Å². The largest absolute Gasteiger partial charge is 0.340 e. The molecule has 0 amide bonds. The minimum Gasteiger partial charge on any atom is -0.340 e. The third-order valence-electron chi connectivity index (χ3n) is 1.40. The number of aromatic nitrogens is 4. The molecule has 0 atom stereocenters. The van der Waals surface area contributed by atoms with E-state index in [1.165, 1.54) is 6.33 Å². The number of nitrogen functional groups attached to an aromatic ring is 1. The lowest BCUT2D eigenvalue weighted by molar-refractivity contribution is 0.545. The number of H-pyrrole nitrogens is 1. The summed E-state index contributed by atoms with van der Waals surface area (Å²) in [4.78, 5) is 13.3. The Morgan fingerprint density at radius 2 is 2.33 bits per heavy atom. The highest BCUT2D eigenvalue weighted by Crippen LogP contribution is 2.13. The molecule has 0 aliphatic heterocycles. The van der Waals surface area contributed by atoms with Crippen molar-refractivity contribution in [1.29, 1.82) is 0 Å². The minimum atomic E-state index is -0.859. The van der Waals surface area contributed by atoms with E-state index in [1.54, 1.807) is 0 Å². The third kappa shape index (κ3) is 0.873. The Hall–Kier alpha value is -1.76. The van der Waals surface area contributed by atoms with Crippen LogP contribution in [0.3, 0.4) is 0 Å². The van der Waals surface area contributed by atoms with Gasteiger partial charge < -0.3 is 10.4 Å². The fourth-order valence-corrected chi connectivity index (χ4v) is 0.911. The highest BCUT2D eigenvalue weighted by atomic mass is 19.1. The van der Waals surface area contributed by atoms with Gasteiger partial charge >= 0.3 is 6.08 Å². The Morgan fingerprint density at radius 1 is 1.50 bits per heavy atom. The van der Waals surface area contributed by atoms with Gasteiger partial charge in [0.15, 0.2) is 11.5 Å². The van der Waals surface area contributed by atoms with Gasteiger partial charge in [-0.2, -0.15) is 14.4 Å². The maximum absolute atomic E-state index is 12.6. The normalized spacial score (nSPS) is 10.5. The molecular formula is C5H5FN6. The highest BCUT2D eigenvalue weighted by molar-refractivity contribution is 5.81. The first-order valence-corrected chi connectivity index (χ1v) is 3.14. The fraction of sp³-hybridized carbons (Fsp3) is 0. The van der Waals surface area contributed by atoms with Gasteiger partial charge in [-0.15, -0.1) is 0 Å². The summed E-state index contributed by atoms with van der Waals surface area (Å²) >= 11 is 0. The van der Waals surface area contributed by atoms with Crippen molar-refractivity contribution in [3.8, 4) is 0 Å². The summed E-state index contributed by atoms with van der Waals surface area (Å²) in [5.74, 6) is 5.28. The number of aromatic amines is 1. The number of imidazole rings is 1. The van der Waals surface area contributed by atoms with E-state index < -0.39 is 6.08 Å². The van der Waals surface area contributed by atoms with Crippen LogP contribution in [0.5, 0.6) is 0 Å². The predicted octanol–water partition coefficient (Wildman–Crippen LogP) is -0.222. The van der Waals surface area contributed by atoms with E-state index in [0.29, 0.717) is 5.52 Å². The zero-order chi connectivity index (χ0) is 8.55. The van der Waals surface area contributed by atoms with E-state index >= 15 is 0 Å². The Morgan fingerprint density at radius 3 is 3.08 bits per heavy atom. The number of hydrogen-bond acceptors (Lipinski definition) is 5. The van der Waals surface area contributed by atoms with Crippen LogP contribution in [-0.4, -0.2) is 19.9 Å². The number of halogens is 1. The monoisotopic (exact) mass is 168 g/mol. The second kappa shape index (κ2) is 2.38. The Labute approximate surface area is 66.0 Å². The van der Waals surface area contributed by atoms with E-state index in [0.717, 1.165) is 0 Å². The third-order valence-corrected chi connectivity index (χ3v) is 1.40. The smallest absolute Gasteiger partial charge is 0.312 e. The van der Waals surface area contributed by atoms with Gasteiger partial charge in [-0.1, -0.05) is 0 Å². The van der Waals surface area contributed by atoms with E-state index in [2.05, 4.69) is 25.4 Å². The first-order chi connectivity index (χ1) is 5.81. The summed E-state index contributed by atoms with van der Waals surface area (Å²) < 4.78 is 12.6. The number of nitrogens with two attached hydrogens (primary N) is 1. The van der Waals surface area contributed by atoms with Gasteiger partial charge in [0.1, 0.15) is 5.52 Å². The van der Waals surface area contributed by atoms with E-state index in [4.69, 9.17) is 5.84 Å². The van der Waals surface area contributed by atoms with Crippen LogP contribution in [-0.2, 0) is 0 Å². The SMILES string of the molecule is NNc1nc(F)nc2nc[nH]c12. The summed E-state index contributed by atoms with van der Waals surface area (Å²) in [7, 11) is 0. The summed E-state index contributed by atoms with van der Waals surface area (Å²) in [6.07, 6.45) is 0.530. The topological polar surface area (TPSA) is 92.5 Å². The first kappa shape index (κ1) is 6.92. The molecule has 2 heterocycles. The molecule has 0 saturated carbocycles. The van der Waals surface area contributed by atoms with E-state index in [1.807, 2.05) is 0 Å². The van der Waals surface area contributed by atoms with Gasteiger partial charge in [-0.05, 0) is 0 Å². The predicted molar refractivity (Wildman–Crippen MR) is 39.5 cm³/mol. The maximum Gasteiger partial charge on any atom is 0.312 e. The molecule has 2 rings (SSSR count). The van der Waals surface area contributed by atoms with Gasteiger partial charge in [0.05, 0.1) is 6.33 Å². The quantitative estimate of drug-likeness (QED) is 0.311. The van der Waals surface area contributed by atoms with Gasteiger partial charge in [-0.25, -0.2) is 10.8 Å². The van der Waals surface area contributed by atoms with Gasteiger partial charge in [0, 0.05) is 0 Å². The number of rotatable bonds is 1. The minimum absolute atomic E-state index is 0.190. The molecule has 4 N–H and O–H groups in total. The number of hydrazine groups is 1. The van der Waals surface area contributed by atoms with Crippen LogP contribution in [0.15, 0.2) is 6.33 Å². The molecule has 0 bridgehead atoms. The molecule has 2 aromatic rings. The van der Waals surface area contributed by atoms with Crippen molar-refractivity contribution in [3.05, 3.63) is 12.4 Å². The second-order valence-corrected chi connectivity index (χ2v) is 2.09. The molecule has 7 heteroatoms. The van der Waals surface area contributed by atoms with E-state index in [9.17, 15) is 4.39 Å². The van der Waals surface area contributed by atoms with Gasteiger partial charge in [0.2, 0.25) is 0 Å². The molecule has 0 unspecified atom stereocenters. The summed E-state index contributed by atoms with van der Waals surface area (Å²) in [5.41, 5.74) is 2.97. The van der Waals surface area contributed by atoms with Crippen molar-refractivity contribution < 1.29 is 4.39 Å². The zero-order valence-corrected chi connectivity index (χ0v) is 5.87. The molecule has 62 valence electrons. The molecule has 0 aromatic carbocycles. The lowest BCUT2D eigenvalue weighted by atomic mass is 10.5. The Balaban J connectivity index is 2.80. The average Bonchev–Trinajstić information content (AvgIpc) is 2.50. The molecule has 0 spiro atoms. The molecule has 2 aromatic heterocycles. The summed E-state index contributed by atoms with van der Waals surface area (Å²) in [6.45, 7) is 0. The molecule has 0 aliphatic carbocycles. The number of nitrogens with zero attached hydrogens (tertiary/aromatic N) is 3. The van der Waals surface area contributed by atoms with Crippen LogP contribution in [0.25, 0.3) is 11.2 Å². The lowest BCUT2D eigenvalue weighted by Gasteiger charge is -1.97. The molecule has 6 nitrogen and oxygen atoms in total. The number of anilines is 1. The van der Waals surface area contributed by atoms with Crippen molar-refractivity contribution in [2.24, 2.45) is 5.84 Å². The van der Waals surface area contributed by atoms with Gasteiger partial charge in [0.25, 0.3) is 0 Å². The van der Waals surface area contributed by atoms with Crippen molar-refractivity contribution in [1.82, 2.24) is 19.9 Å².